The number of fused-ring (bicyclic) bond motifs is 1. The summed E-state index contributed by atoms with van der Waals surface area (Å²) in [4.78, 5) is 24.9. The molecule has 0 saturated heterocycles. The van der Waals surface area contributed by atoms with Crippen molar-refractivity contribution < 1.29 is 14.7 Å². The molecule has 0 radical (unpaired) electrons. The van der Waals surface area contributed by atoms with Crippen molar-refractivity contribution >= 4 is 49.1 Å². The minimum atomic E-state index is -0.685. The van der Waals surface area contributed by atoms with E-state index in [-0.39, 0.29) is 22.4 Å². The molecule has 114 valence electrons. The van der Waals surface area contributed by atoms with Crippen molar-refractivity contribution in [3.63, 3.8) is 0 Å². The van der Waals surface area contributed by atoms with Crippen LogP contribution in [-0.2, 0) is 0 Å². The van der Waals surface area contributed by atoms with Crippen molar-refractivity contribution in [2.45, 2.75) is 0 Å². The summed E-state index contributed by atoms with van der Waals surface area (Å²) in [5.41, 5.74) is 0.287. The standard InChI is InChI=1S/C17H9Br2NO3/c18-9-5-8(6-10(19)7-9)14(20)13-15(21)11-3-1-2-4-12(11)16(22)17(13)23/h1-7,20,23H. The van der Waals surface area contributed by atoms with Gasteiger partial charge in [0, 0.05) is 25.6 Å². The Morgan fingerprint density at radius 2 is 1.43 bits per heavy atom. The number of halogens is 2. The largest absolute Gasteiger partial charge is 0.504 e. The second-order valence-electron chi connectivity index (χ2n) is 4.96. The zero-order chi connectivity index (χ0) is 16.7. The molecule has 0 saturated carbocycles. The predicted octanol–water partition coefficient (Wildman–Crippen LogP) is 4.47. The molecular weight excluding hydrogens is 426 g/mol. The lowest BCUT2D eigenvalue weighted by Gasteiger charge is -2.18. The number of Topliss-reactive ketones (excluding diaryl/α,β-unsaturated/α-hetero) is 2. The normalized spacial score (nSPS) is 14.0. The van der Waals surface area contributed by atoms with Gasteiger partial charge in [0.1, 0.15) is 0 Å². The Labute approximate surface area is 148 Å². The van der Waals surface area contributed by atoms with Crippen molar-refractivity contribution in [1.82, 2.24) is 0 Å². The summed E-state index contributed by atoms with van der Waals surface area (Å²) in [5.74, 6) is -1.86. The zero-order valence-corrected chi connectivity index (χ0v) is 14.7. The van der Waals surface area contributed by atoms with Crippen LogP contribution < -0.4 is 0 Å². The number of benzene rings is 2. The van der Waals surface area contributed by atoms with Crippen molar-refractivity contribution in [2.24, 2.45) is 0 Å². The molecular formula is C17H9Br2NO3. The highest BCUT2D eigenvalue weighted by Crippen LogP contribution is 2.29. The molecule has 0 heterocycles. The Hall–Kier alpha value is -2.05. The number of allylic oxidation sites excluding steroid dienone is 2. The summed E-state index contributed by atoms with van der Waals surface area (Å²) in [6.45, 7) is 0. The molecule has 23 heavy (non-hydrogen) atoms. The van der Waals surface area contributed by atoms with E-state index in [1.807, 2.05) is 0 Å². The van der Waals surface area contributed by atoms with Crippen LogP contribution in [0.4, 0.5) is 0 Å². The van der Waals surface area contributed by atoms with E-state index in [9.17, 15) is 14.7 Å². The van der Waals surface area contributed by atoms with Gasteiger partial charge in [0.25, 0.3) is 0 Å². The summed E-state index contributed by atoms with van der Waals surface area (Å²) < 4.78 is 1.42. The van der Waals surface area contributed by atoms with E-state index >= 15 is 0 Å². The van der Waals surface area contributed by atoms with Crippen molar-refractivity contribution in [1.29, 1.82) is 5.41 Å². The van der Waals surface area contributed by atoms with Crippen LogP contribution in [0, 0.1) is 5.41 Å². The molecule has 0 aliphatic heterocycles. The van der Waals surface area contributed by atoms with Gasteiger partial charge >= 0.3 is 0 Å². The number of carbonyl (C=O) groups excluding carboxylic acids is 2. The average molecular weight is 435 g/mol. The molecule has 6 heteroatoms. The number of aliphatic hydroxyl groups excluding tert-OH is 1. The fraction of sp³-hybridized carbons (Fsp3) is 0. The topological polar surface area (TPSA) is 78.2 Å². The van der Waals surface area contributed by atoms with Crippen LogP contribution in [0.2, 0.25) is 0 Å². The van der Waals surface area contributed by atoms with Crippen LogP contribution in [0.25, 0.3) is 0 Å². The third kappa shape index (κ3) is 2.68. The van der Waals surface area contributed by atoms with Gasteiger partial charge in [0.15, 0.2) is 11.5 Å². The number of carbonyl (C=O) groups is 2. The van der Waals surface area contributed by atoms with Crippen LogP contribution in [0.5, 0.6) is 0 Å². The molecule has 0 fully saturated rings. The second kappa shape index (κ2) is 5.86. The molecule has 2 aromatic rings. The minimum Gasteiger partial charge on any atom is -0.504 e. The smallest absolute Gasteiger partial charge is 0.228 e. The van der Waals surface area contributed by atoms with Crippen molar-refractivity contribution in [3.05, 3.63) is 79.4 Å². The van der Waals surface area contributed by atoms with Gasteiger partial charge in [-0.3, -0.25) is 15.0 Å². The summed E-state index contributed by atoms with van der Waals surface area (Å²) in [6, 6.07) is 11.3. The number of aliphatic hydroxyl groups is 1. The average Bonchev–Trinajstić information content (AvgIpc) is 2.52. The van der Waals surface area contributed by atoms with E-state index in [0.29, 0.717) is 14.5 Å². The van der Waals surface area contributed by atoms with E-state index in [1.165, 1.54) is 12.1 Å². The lowest BCUT2D eigenvalue weighted by atomic mass is 9.84. The lowest BCUT2D eigenvalue weighted by Crippen LogP contribution is -2.26. The van der Waals surface area contributed by atoms with Crippen molar-refractivity contribution in [2.75, 3.05) is 0 Å². The number of nitrogens with one attached hydrogen (secondary N) is 1. The SMILES string of the molecule is N=C(C1=C(O)C(=O)c2ccccc2C1=O)c1cc(Br)cc(Br)c1. The van der Waals surface area contributed by atoms with E-state index in [1.54, 1.807) is 30.3 Å². The summed E-state index contributed by atoms with van der Waals surface area (Å²) in [5, 5.41) is 18.4. The molecule has 1 aliphatic carbocycles. The van der Waals surface area contributed by atoms with Crippen LogP contribution >= 0.6 is 31.9 Å². The summed E-state index contributed by atoms with van der Waals surface area (Å²) in [6.07, 6.45) is 0. The molecule has 1 aliphatic rings. The molecule has 2 N–H and O–H groups in total. The van der Waals surface area contributed by atoms with Gasteiger partial charge in [-0.2, -0.15) is 0 Å². The Bertz CT molecular complexity index is 896. The molecule has 0 spiro atoms. The molecule has 0 bridgehead atoms. The molecule has 4 nitrogen and oxygen atoms in total. The second-order valence-corrected chi connectivity index (χ2v) is 6.79. The third-order valence-corrected chi connectivity index (χ3v) is 4.41. The molecule has 0 amide bonds. The Kier molecular flexibility index (Phi) is 4.04. The lowest BCUT2D eigenvalue weighted by molar-refractivity contribution is 0.0934. The Morgan fingerprint density at radius 1 is 0.913 bits per heavy atom. The fourth-order valence-corrected chi connectivity index (χ4v) is 3.73. The number of ketones is 2. The van der Waals surface area contributed by atoms with Crippen LogP contribution in [0.3, 0.4) is 0 Å². The van der Waals surface area contributed by atoms with E-state index in [2.05, 4.69) is 31.9 Å². The van der Waals surface area contributed by atoms with E-state index in [4.69, 9.17) is 5.41 Å². The number of hydrogen-bond acceptors (Lipinski definition) is 4. The van der Waals surface area contributed by atoms with Gasteiger partial charge in [0.05, 0.1) is 11.3 Å². The predicted molar refractivity (Wildman–Crippen MR) is 93.4 cm³/mol. The molecule has 3 rings (SSSR count). The van der Waals surface area contributed by atoms with E-state index < -0.39 is 17.3 Å². The van der Waals surface area contributed by atoms with Crippen LogP contribution in [0.1, 0.15) is 26.3 Å². The highest BCUT2D eigenvalue weighted by Gasteiger charge is 2.34. The minimum absolute atomic E-state index is 0.155. The Morgan fingerprint density at radius 3 is 2.00 bits per heavy atom. The Balaban J connectivity index is 2.16. The fourth-order valence-electron chi connectivity index (χ4n) is 2.44. The van der Waals surface area contributed by atoms with Gasteiger partial charge in [-0.15, -0.1) is 0 Å². The summed E-state index contributed by atoms with van der Waals surface area (Å²) >= 11 is 6.63. The monoisotopic (exact) mass is 433 g/mol. The molecule has 0 atom stereocenters. The van der Waals surface area contributed by atoms with Crippen LogP contribution in [0.15, 0.2) is 62.7 Å². The van der Waals surface area contributed by atoms with Crippen LogP contribution in [-0.4, -0.2) is 22.4 Å². The van der Waals surface area contributed by atoms with Gasteiger partial charge in [-0.05, 0) is 18.2 Å². The number of hydrogen-bond donors (Lipinski definition) is 2. The number of rotatable bonds is 2. The maximum absolute atomic E-state index is 12.6. The third-order valence-electron chi connectivity index (χ3n) is 3.50. The van der Waals surface area contributed by atoms with Gasteiger partial charge in [-0.1, -0.05) is 56.1 Å². The first-order chi connectivity index (χ1) is 10.9. The molecule has 0 unspecified atom stereocenters. The maximum Gasteiger partial charge on any atom is 0.228 e. The van der Waals surface area contributed by atoms with Gasteiger partial charge in [0.2, 0.25) is 5.78 Å². The highest BCUT2D eigenvalue weighted by molar-refractivity contribution is 9.11. The maximum atomic E-state index is 12.6. The quantitative estimate of drug-likeness (QED) is 0.684. The van der Waals surface area contributed by atoms with Gasteiger partial charge < -0.3 is 5.11 Å². The first-order valence-electron chi connectivity index (χ1n) is 6.57. The highest BCUT2D eigenvalue weighted by atomic mass is 79.9. The first kappa shape index (κ1) is 15.8. The van der Waals surface area contributed by atoms with Crippen molar-refractivity contribution in [3.8, 4) is 0 Å². The summed E-state index contributed by atoms with van der Waals surface area (Å²) in [7, 11) is 0. The van der Waals surface area contributed by atoms with Gasteiger partial charge in [-0.25, -0.2) is 0 Å². The van der Waals surface area contributed by atoms with E-state index in [0.717, 1.165) is 0 Å². The zero-order valence-electron chi connectivity index (χ0n) is 11.6. The molecule has 0 aromatic heterocycles. The first-order valence-corrected chi connectivity index (χ1v) is 8.16. The molecule has 2 aromatic carbocycles.